The van der Waals surface area contributed by atoms with E-state index in [2.05, 4.69) is 39.6 Å². The van der Waals surface area contributed by atoms with E-state index in [-0.39, 0.29) is 0 Å². The second kappa shape index (κ2) is 6.69. The van der Waals surface area contributed by atoms with Crippen molar-refractivity contribution in [2.24, 2.45) is 0 Å². The predicted molar refractivity (Wildman–Crippen MR) is 92.0 cm³/mol. The van der Waals surface area contributed by atoms with Crippen molar-refractivity contribution in [2.75, 3.05) is 13.1 Å². The lowest BCUT2D eigenvalue weighted by Gasteiger charge is -2.21. The molecule has 1 aliphatic carbocycles. The predicted octanol–water partition coefficient (Wildman–Crippen LogP) is 5.05. The summed E-state index contributed by atoms with van der Waals surface area (Å²) in [6.45, 7) is 4.41. The molecular formula is C15H19BrN2S2. The van der Waals surface area contributed by atoms with Gasteiger partial charge in [0.25, 0.3) is 0 Å². The maximum Gasteiger partial charge on any atom is 0.133 e. The number of rotatable bonds is 5. The molecule has 0 saturated heterocycles. The average molecular weight is 371 g/mol. The van der Waals surface area contributed by atoms with E-state index in [4.69, 9.17) is 4.98 Å². The van der Waals surface area contributed by atoms with E-state index in [9.17, 15) is 0 Å². The molecule has 1 aliphatic rings. The minimum atomic E-state index is 0.610. The van der Waals surface area contributed by atoms with Crippen LogP contribution in [0.2, 0.25) is 0 Å². The lowest BCUT2D eigenvalue weighted by atomic mass is 9.91. The van der Waals surface area contributed by atoms with Gasteiger partial charge in [-0.25, -0.2) is 4.98 Å². The molecule has 2 aromatic heterocycles. The van der Waals surface area contributed by atoms with Crippen LogP contribution in [0.3, 0.4) is 0 Å². The third kappa shape index (κ3) is 3.16. The molecule has 3 rings (SSSR count). The van der Waals surface area contributed by atoms with Gasteiger partial charge in [-0.15, -0.1) is 22.7 Å². The first-order valence-corrected chi connectivity index (χ1v) is 9.71. The molecular weight excluding hydrogens is 352 g/mol. The molecule has 2 aromatic rings. The minimum absolute atomic E-state index is 0.610. The number of nitrogens with one attached hydrogen (secondary N) is 1. The third-order valence-electron chi connectivity index (χ3n) is 3.67. The van der Waals surface area contributed by atoms with Crippen molar-refractivity contribution in [3.05, 3.63) is 26.5 Å². The fourth-order valence-electron chi connectivity index (χ4n) is 2.69. The Balaban J connectivity index is 1.81. The Labute approximate surface area is 136 Å². The largest absolute Gasteiger partial charge is 0.316 e. The van der Waals surface area contributed by atoms with Crippen LogP contribution in [-0.4, -0.2) is 18.1 Å². The molecule has 5 heteroatoms. The second-order valence-electron chi connectivity index (χ2n) is 5.25. The highest BCUT2D eigenvalue weighted by atomic mass is 79.9. The molecule has 0 fully saturated rings. The van der Waals surface area contributed by atoms with Crippen molar-refractivity contribution in [3.63, 3.8) is 0 Å². The molecule has 20 heavy (non-hydrogen) atoms. The summed E-state index contributed by atoms with van der Waals surface area (Å²) in [6, 6.07) is 2.18. The summed E-state index contributed by atoms with van der Waals surface area (Å²) in [5, 5.41) is 6.90. The van der Waals surface area contributed by atoms with Crippen LogP contribution in [0.5, 0.6) is 0 Å². The van der Waals surface area contributed by atoms with Crippen molar-refractivity contribution in [1.82, 2.24) is 10.3 Å². The molecule has 1 N–H and O–H groups in total. The number of thiophene rings is 1. The molecule has 1 atom stereocenters. The third-order valence-corrected chi connectivity index (χ3v) is 6.66. The number of nitrogens with zero attached hydrogens (tertiary/aromatic N) is 1. The van der Waals surface area contributed by atoms with Gasteiger partial charge >= 0.3 is 0 Å². The Morgan fingerprint density at radius 2 is 2.40 bits per heavy atom. The average Bonchev–Trinajstić information content (AvgIpc) is 3.05. The maximum absolute atomic E-state index is 4.96. The summed E-state index contributed by atoms with van der Waals surface area (Å²) >= 11 is 7.20. The molecule has 0 bridgehead atoms. The summed E-state index contributed by atoms with van der Waals surface area (Å²) in [6.07, 6.45) is 5.00. The molecule has 0 aromatic carbocycles. The number of thiazole rings is 1. The van der Waals surface area contributed by atoms with Crippen LogP contribution in [0.25, 0.3) is 9.88 Å². The Kier molecular flexibility index (Phi) is 4.91. The van der Waals surface area contributed by atoms with E-state index in [1.54, 1.807) is 11.3 Å². The SMILES string of the molecule is CCCNCC1CCCc2sc(-c3cc(Br)cs3)nc21. The Morgan fingerprint density at radius 3 is 3.15 bits per heavy atom. The zero-order valence-electron chi connectivity index (χ0n) is 11.6. The molecule has 1 unspecified atom stereocenters. The van der Waals surface area contributed by atoms with Gasteiger partial charge in [0.15, 0.2) is 0 Å². The molecule has 108 valence electrons. The smallest absolute Gasteiger partial charge is 0.133 e. The van der Waals surface area contributed by atoms with E-state index in [0.717, 1.165) is 17.6 Å². The Bertz CT molecular complexity index is 576. The summed E-state index contributed by atoms with van der Waals surface area (Å²) in [5.41, 5.74) is 1.37. The Hall–Kier alpha value is -0.230. The van der Waals surface area contributed by atoms with Crippen molar-refractivity contribution in [3.8, 4) is 9.88 Å². The second-order valence-corrected chi connectivity index (χ2v) is 8.16. The molecule has 2 nitrogen and oxygen atoms in total. The standard InChI is InChI=1S/C15H19BrN2S2/c1-2-6-17-8-10-4-3-5-12-14(10)18-15(20-12)13-7-11(16)9-19-13/h7,9-10,17H,2-6,8H2,1H3. The maximum atomic E-state index is 4.96. The molecule has 0 amide bonds. The van der Waals surface area contributed by atoms with Gasteiger partial charge in [0.1, 0.15) is 5.01 Å². The minimum Gasteiger partial charge on any atom is -0.316 e. The van der Waals surface area contributed by atoms with E-state index in [1.807, 2.05) is 11.3 Å². The number of aryl methyl sites for hydroxylation is 1. The number of hydrogen-bond acceptors (Lipinski definition) is 4. The van der Waals surface area contributed by atoms with E-state index in [0.29, 0.717) is 5.92 Å². The van der Waals surface area contributed by atoms with Gasteiger partial charge < -0.3 is 5.32 Å². The van der Waals surface area contributed by atoms with E-state index in [1.165, 1.54) is 46.1 Å². The monoisotopic (exact) mass is 370 g/mol. The molecule has 0 radical (unpaired) electrons. The van der Waals surface area contributed by atoms with Crippen molar-refractivity contribution >= 4 is 38.6 Å². The lowest BCUT2D eigenvalue weighted by molar-refractivity contribution is 0.502. The quantitative estimate of drug-likeness (QED) is 0.744. The van der Waals surface area contributed by atoms with Crippen LogP contribution in [0.15, 0.2) is 15.9 Å². The molecule has 0 aliphatic heterocycles. The highest BCUT2D eigenvalue weighted by Crippen LogP contribution is 2.40. The summed E-state index contributed by atoms with van der Waals surface area (Å²) < 4.78 is 1.16. The van der Waals surface area contributed by atoms with Crippen LogP contribution < -0.4 is 5.32 Å². The number of halogens is 1. The summed E-state index contributed by atoms with van der Waals surface area (Å²) in [4.78, 5) is 7.76. The van der Waals surface area contributed by atoms with E-state index >= 15 is 0 Å². The summed E-state index contributed by atoms with van der Waals surface area (Å²) in [7, 11) is 0. The zero-order valence-corrected chi connectivity index (χ0v) is 14.8. The molecule has 2 heterocycles. The van der Waals surface area contributed by atoms with Crippen LogP contribution in [0, 0.1) is 0 Å². The number of fused-ring (bicyclic) bond motifs is 1. The zero-order chi connectivity index (χ0) is 13.9. The van der Waals surface area contributed by atoms with Gasteiger partial charge in [-0.05, 0) is 54.2 Å². The number of aromatic nitrogens is 1. The Morgan fingerprint density at radius 1 is 1.50 bits per heavy atom. The highest BCUT2D eigenvalue weighted by Gasteiger charge is 2.25. The first-order chi connectivity index (χ1) is 9.78. The van der Waals surface area contributed by atoms with Gasteiger partial charge in [-0.2, -0.15) is 0 Å². The van der Waals surface area contributed by atoms with Crippen LogP contribution in [-0.2, 0) is 6.42 Å². The van der Waals surface area contributed by atoms with E-state index < -0.39 is 0 Å². The molecule has 0 spiro atoms. The van der Waals surface area contributed by atoms with Crippen LogP contribution in [0.4, 0.5) is 0 Å². The van der Waals surface area contributed by atoms with Gasteiger partial charge in [0, 0.05) is 27.2 Å². The fraction of sp³-hybridized carbons (Fsp3) is 0.533. The van der Waals surface area contributed by atoms with Crippen LogP contribution >= 0.6 is 38.6 Å². The normalized spacial score (nSPS) is 18.2. The number of hydrogen-bond donors (Lipinski definition) is 1. The molecule has 0 saturated carbocycles. The van der Waals surface area contributed by atoms with Crippen molar-refractivity contribution < 1.29 is 0 Å². The highest BCUT2D eigenvalue weighted by molar-refractivity contribution is 9.10. The van der Waals surface area contributed by atoms with Crippen LogP contribution in [0.1, 0.15) is 42.7 Å². The van der Waals surface area contributed by atoms with Gasteiger partial charge in [-0.1, -0.05) is 6.92 Å². The van der Waals surface area contributed by atoms with Crippen molar-refractivity contribution in [2.45, 2.75) is 38.5 Å². The van der Waals surface area contributed by atoms with Gasteiger partial charge in [0.05, 0.1) is 10.6 Å². The topological polar surface area (TPSA) is 24.9 Å². The summed E-state index contributed by atoms with van der Waals surface area (Å²) in [5.74, 6) is 0.610. The fourth-order valence-corrected chi connectivity index (χ4v) is 5.37. The lowest BCUT2D eigenvalue weighted by Crippen LogP contribution is -2.24. The first kappa shape index (κ1) is 14.7. The first-order valence-electron chi connectivity index (χ1n) is 7.22. The van der Waals surface area contributed by atoms with Crippen molar-refractivity contribution in [1.29, 1.82) is 0 Å². The van der Waals surface area contributed by atoms with Gasteiger partial charge in [0.2, 0.25) is 0 Å². The van der Waals surface area contributed by atoms with Gasteiger partial charge in [-0.3, -0.25) is 0 Å².